The van der Waals surface area contributed by atoms with Crippen LogP contribution in [-0.4, -0.2) is 21.4 Å². The van der Waals surface area contributed by atoms with Crippen LogP contribution in [0.3, 0.4) is 0 Å². The minimum absolute atomic E-state index is 0.115. The van der Waals surface area contributed by atoms with Crippen molar-refractivity contribution in [3.8, 4) is 5.69 Å². The van der Waals surface area contributed by atoms with Gasteiger partial charge in [-0.05, 0) is 78.4 Å². The first-order chi connectivity index (χ1) is 14.3. The zero-order chi connectivity index (χ0) is 21.4. The SMILES string of the molecule is Cc1cc(/C=C2/NC(=O)N(Cc3ccccc3F)C2=O)c(C)n1-c1cccc(I)c1. The third-order valence-electron chi connectivity index (χ3n) is 5.09. The topological polar surface area (TPSA) is 54.3 Å². The highest BCUT2D eigenvalue weighted by molar-refractivity contribution is 14.1. The second-order valence-corrected chi connectivity index (χ2v) is 8.36. The van der Waals surface area contributed by atoms with Crippen molar-refractivity contribution in [1.29, 1.82) is 0 Å². The number of amides is 3. The number of aryl methyl sites for hydroxylation is 1. The number of hydrogen-bond donors (Lipinski definition) is 1. The van der Waals surface area contributed by atoms with Crippen molar-refractivity contribution in [2.45, 2.75) is 20.4 Å². The molecule has 2 heterocycles. The molecule has 0 spiro atoms. The standard InChI is InChI=1S/C23H19FIN3O2/c1-14-10-17(15(2)28(14)19-8-5-7-18(25)12-19)11-21-22(29)27(23(30)26-21)13-16-6-3-4-9-20(16)24/h3-12H,13H2,1-2H3,(H,26,30)/b21-11+. The zero-order valence-electron chi connectivity index (χ0n) is 16.4. The van der Waals surface area contributed by atoms with Gasteiger partial charge in [0.15, 0.2) is 0 Å². The van der Waals surface area contributed by atoms with E-state index in [4.69, 9.17) is 0 Å². The van der Waals surface area contributed by atoms with Crippen molar-refractivity contribution < 1.29 is 14.0 Å². The van der Waals surface area contributed by atoms with E-state index in [9.17, 15) is 14.0 Å². The van der Waals surface area contributed by atoms with Gasteiger partial charge >= 0.3 is 6.03 Å². The lowest BCUT2D eigenvalue weighted by atomic mass is 10.2. The summed E-state index contributed by atoms with van der Waals surface area (Å²) in [5.74, 6) is -0.918. The summed E-state index contributed by atoms with van der Waals surface area (Å²) in [5.41, 5.74) is 4.31. The van der Waals surface area contributed by atoms with Crippen LogP contribution >= 0.6 is 22.6 Å². The van der Waals surface area contributed by atoms with E-state index >= 15 is 0 Å². The van der Waals surface area contributed by atoms with Crippen molar-refractivity contribution in [3.05, 3.63) is 92.2 Å². The van der Waals surface area contributed by atoms with Gasteiger partial charge in [0.2, 0.25) is 0 Å². The molecule has 3 amide bonds. The van der Waals surface area contributed by atoms with E-state index in [1.165, 1.54) is 6.07 Å². The Morgan fingerprint density at radius 2 is 1.83 bits per heavy atom. The summed E-state index contributed by atoms with van der Waals surface area (Å²) in [4.78, 5) is 26.2. The summed E-state index contributed by atoms with van der Waals surface area (Å²) in [6.45, 7) is 3.85. The molecule has 3 aromatic rings. The van der Waals surface area contributed by atoms with E-state index in [0.717, 1.165) is 31.1 Å². The summed E-state index contributed by atoms with van der Waals surface area (Å²) >= 11 is 2.27. The number of carbonyl (C=O) groups is 2. The number of nitrogens with one attached hydrogen (secondary N) is 1. The Labute approximate surface area is 187 Å². The van der Waals surface area contributed by atoms with E-state index in [1.807, 2.05) is 38.1 Å². The molecule has 1 N–H and O–H groups in total. The van der Waals surface area contributed by atoms with Gasteiger partial charge in [-0.1, -0.05) is 24.3 Å². The van der Waals surface area contributed by atoms with Crippen molar-refractivity contribution >= 4 is 40.6 Å². The van der Waals surface area contributed by atoms with E-state index in [0.29, 0.717) is 5.56 Å². The molecule has 7 heteroatoms. The van der Waals surface area contributed by atoms with Crippen LogP contribution in [0.15, 0.2) is 60.3 Å². The second kappa shape index (κ2) is 8.06. The molecule has 0 atom stereocenters. The molecule has 1 fully saturated rings. The van der Waals surface area contributed by atoms with Gasteiger partial charge in [-0.15, -0.1) is 0 Å². The Bertz CT molecular complexity index is 1200. The number of benzene rings is 2. The highest BCUT2D eigenvalue weighted by Crippen LogP contribution is 2.25. The van der Waals surface area contributed by atoms with Gasteiger partial charge in [-0.3, -0.25) is 9.69 Å². The normalized spacial score (nSPS) is 15.2. The average Bonchev–Trinajstić information content (AvgIpc) is 3.13. The smallest absolute Gasteiger partial charge is 0.318 e. The predicted molar refractivity (Wildman–Crippen MR) is 121 cm³/mol. The van der Waals surface area contributed by atoms with E-state index in [1.54, 1.807) is 24.3 Å². The molecule has 1 aliphatic heterocycles. The predicted octanol–water partition coefficient (Wildman–Crippen LogP) is 4.93. The molecule has 0 saturated carbocycles. The van der Waals surface area contributed by atoms with E-state index in [2.05, 4.69) is 38.5 Å². The third kappa shape index (κ3) is 3.77. The van der Waals surface area contributed by atoms with Crippen LogP contribution < -0.4 is 5.32 Å². The number of urea groups is 1. The number of carbonyl (C=O) groups excluding carboxylic acids is 2. The summed E-state index contributed by atoms with van der Waals surface area (Å²) < 4.78 is 17.2. The molecule has 1 aliphatic rings. The molecule has 1 saturated heterocycles. The maximum absolute atomic E-state index is 13.9. The van der Waals surface area contributed by atoms with Crippen molar-refractivity contribution in [2.75, 3.05) is 0 Å². The number of hydrogen-bond acceptors (Lipinski definition) is 2. The fraction of sp³-hybridized carbons (Fsp3) is 0.130. The van der Waals surface area contributed by atoms with Crippen molar-refractivity contribution in [1.82, 2.24) is 14.8 Å². The lowest BCUT2D eigenvalue weighted by molar-refractivity contribution is -0.123. The molecule has 152 valence electrons. The van der Waals surface area contributed by atoms with Crippen LogP contribution in [0.25, 0.3) is 11.8 Å². The monoisotopic (exact) mass is 515 g/mol. The summed E-state index contributed by atoms with van der Waals surface area (Å²) in [6.07, 6.45) is 1.67. The van der Waals surface area contributed by atoms with Gasteiger partial charge in [0.05, 0.1) is 6.54 Å². The molecule has 4 rings (SSSR count). The van der Waals surface area contributed by atoms with Crippen LogP contribution in [-0.2, 0) is 11.3 Å². The van der Waals surface area contributed by atoms with E-state index < -0.39 is 17.8 Å². The Balaban J connectivity index is 1.64. The maximum Gasteiger partial charge on any atom is 0.329 e. The fourth-order valence-corrected chi connectivity index (χ4v) is 4.14. The molecule has 5 nitrogen and oxygen atoms in total. The molecule has 2 aromatic carbocycles. The van der Waals surface area contributed by atoms with Crippen LogP contribution in [0.2, 0.25) is 0 Å². The molecule has 0 aliphatic carbocycles. The molecule has 1 aromatic heterocycles. The quantitative estimate of drug-likeness (QED) is 0.305. The molecule has 0 radical (unpaired) electrons. The largest absolute Gasteiger partial charge is 0.329 e. The highest BCUT2D eigenvalue weighted by Gasteiger charge is 2.34. The Morgan fingerprint density at radius 3 is 2.57 bits per heavy atom. The molecule has 0 bridgehead atoms. The molecule has 30 heavy (non-hydrogen) atoms. The number of rotatable bonds is 4. The highest BCUT2D eigenvalue weighted by atomic mass is 127. The minimum Gasteiger partial charge on any atom is -0.318 e. The lowest BCUT2D eigenvalue weighted by Crippen LogP contribution is -2.30. The Hall–Kier alpha value is -2.94. The molecule has 0 unspecified atom stereocenters. The van der Waals surface area contributed by atoms with Gasteiger partial charge in [0.1, 0.15) is 11.5 Å². The second-order valence-electron chi connectivity index (χ2n) is 7.11. The van der Waals surface area contributed by atoms with Crippen molar-refractivity contribution in [3.63, 3.8) is 0 Å². The average molecular weight is 515 g/mol. The van der Waals surface area contributed by atoms with Crippen LogP contribution in [0, 0.1) is 23.2 Å². The van der Waals surface area contributed by atoms with Crippen molar-refractivity contribution in [2.24, 2.45) is 0 Å². The van der Waals surface area contributed by atoms with Gasteiger partial charge in [-0.25, -0.2) is 9.18 Å². The lowest BCUT2D eigenvalue weighted by Gasteiger charge is -2.12. The maximum atomic E-state index is 13.9. The van der Waals surface area contributed by atoms with Gasteiger partial charge in [0, 0.05) is 26.2 Å². The summed E-state index contributed by atoms with van der Waals surface area (Å²) in [5, 5.41) is 2.61. The van der Waals surface area contributed by atoms with Gasteiger partial charge in [0.25, 0.3) is 5.91 Å². The first-order valence-corrected chi connectivity index (χ1v) is 10.5. The Kier molecular flexibility index (Phi) is 5.46. The third-order valence-corrected chi connectivity index (χ3v) is 5.76. The molecular formula is C23H19FIN3O2. The van der Waals surface area contributed by atoms with Gasteiger partial charge in [-0.2, -0.15) is 0 Å². The van der Waals surface area contributed by atoms with Crippen LogP contribution in [0.5, 0.6) is 0 Å². The first-order valence-electron chi connectivity index (χ1n) is 9.38. The number of nitrogens with zero attached hydrogens (tertiary/aromatic N) is 2. The van der Waals surface area contributed by atoms with Gasteiger partial charge < -0.3 is 9.88 Å². The number of aromatic nitrogens is 1. The van der Waals surface area contributed by atoms with E-state index in [-0.39, 0.29) is 12.2 Å². The molecular weight excluding hydrogens is 496 g/mol. The first kappa shape index (κ1) is 20.3. The summed E-state index contributed by atoms with van der Waals surface area (Å²) in [6, 6.07) is 15.7. The number of imide groups is 1. The Morgan fingerprint density at radius 1 is 1.07 bits per heavy atom. The van der Waals surface area contributed by atoms with Crippen LogP contribution in [0.1, 0.15) is 22.5 Å². The fourth-order valence-electron chi connectivity index (χ4n) is 3.61. The number of halogens is 2. The summed E-state index contributed by atoms with van der Waals surface area (Å²) in [7, 11) is 0. The minimum atomic E-state index is -0.555. The zero-order valence-corrected chi connectivity index (χ0v) is 18.6. The van der Waals surface area contributed by atoms with Crippen LogP contribution in [0.4, 0.5) is 9.18 Å².